The number of amides is 1. The van der Waals surface area contributed by atoms with Gasteiger partial charge in [-0.05, 0) is 18.6 Å². The number of piperazine rings is 1. The molecule has 0 radical (unpaired) electrons. The van der Waals surface area contributed by atoms with E-state index in [2.05, 4.69) is 24.4 Å². The molecule has 2 rings (SSSR count). The largest absolute Gasteiger partial charge is 0.337 e. The van der Waals surface area contributed by atoms with Crippen LogP contribution >= 0.6 is 0 Å². The van der Waals surface area contributed by atoms with Gasteiger partial charge in [-0.3, -0.25) is 4.79 Å². The van der Waals surface area contributed by atoms with Crippen LogP contribution in [0.1, 0.15) is 11.1 Å². The minimum Gasteiger partial charge on any atom is -0.337 e. The number of nitrogens with one attached hydrogen (secondary N) is 1. The second-order valence-corrected chi connectivity index (χ2v) is 4.32. The van der Waals surface area contributed by atoms with Crippen LogP contribution in [0.3, 0.4) is 0 Å². The van der Waals surface area contributed by atoms with Crippen LogP contribution < -0.4 is 5.32 Å². The first-order chi connectivity index (χ1) is 8.25. The van der Waals surface area contributed by atoms with E-state index in [1.54, 1.807) is 6.08 Å². The van der Waals surface area contributed by atoms with Crippen molar-refractivity contribution >= 4 is 12.0 Å². The lowest BCUT2D eigenvalue weighted by atomic mass is 10.1. The van der Waals surface area contributed by atoms with Gasteiger partial charge in [0.25, 0.3) is 0 Å². The first-order valence-corrected chi connectivity index (χ1v) is 6.00. The van der Waals surface area contributed by atoms with Crippen LogP contribution in [0.2, 0.25) is 0 Å². The molecule has 0 unspecified atom stereocenters. The molecule has 0 spiro atoms. The molecule has 1 saturated heterocycles. The van der Waals surface area contributed by atoms with Crippen molar-refractivity contribution in [3.05, 3.63) is 41.5 Å². The summed E-state index contributed by atoms with van der Waals surface area (Å²) in [6.45, 7) is 5.44. The highest BCUT2D eigenvalue weighted by molar-refractivity contribution is 5.91. The van der Waals surface area contributed by atoms with E-state index in [4.69, 9.17) is 0 Å². The van der Waals surface area contributed by atoms with Crippen LogP contribution in [-0.4, -0.2) is 37.0 Å². The lowest BCUT2D eigenvalue weighted by Crippen LogP contribution is -2.45. The molecule has 0 atom stereocenters. The van der Waals surface area contributed by atoms with Crippen molar-refractivity contribution in [2.45, 2.75) is 6.92 Å². The van der Waals surface area contributed by atoms with Gasteiger partial charge in [0.1, 0.15) is 0 Å². The number of benzene rings is 1. The van der Waals surface area contributed by atoms with Crippen LogP contribution in [0.25, 0.3) is 6.08 Å². The lowest BCUT2D eigenvalue weighted by molar-refractivity contribution is -0.126. The van der Waals surface area contributed by atoms with E-state index in [1.165, 1.54) is 5.56 Å². The molecule has 1 N–H and O–H groups in total. The molecule has 17 heavy (non-hydrogen) atoms. The zero-order valence-electron chi connectivity index (χ0n) is 10.1. The summed E-state index contributed by atoms with van der Waals surface area (Å²) in [6.07, 6.45) is 3.55. The van der Waals surface area contributed by atoms with Crippen molar-refractivity contribution in [2.24, 2.45) is 0 Å². The molecule has 3 nitrogen and oxygen atoms in total. The minimum absolute atomic E-state index is 0.105. The number of carbonyl (C=O) groups excluding carboxylic acids is 1. The maximum atomic E-state index is 11.9. The summed E-state index contributed by atoms with van der Waals surface area (Å²) < 4.78 is 0. The fourth-order valence-corrected chi connectivity index (χ4v) is 1.93. The number of hydrogen-bond acceptors (Lipinski definition) is 2. The van der Waals surface area contributed by atoms with Gasteiger partial charge in [-0.1, -0.05) is 29.8 Å². The monoisotopic (exact) mass is 230 g/mol. The molecule has 0 bridgehead atoms. The number of carbonyl (C=O) groups is 1. The summed E-state index contributed by atoms with van der Waals surface area (Å²) in [4.78, 5) is 13.7. The maximum absolute atomic E-state index is 11.9. The van der Waals surface area contributed by atoms with Crippen LogP contribution in [0.5, 0.6) is 0 Å². The predicted octanol–water partition coefficient (Wildman–Crippen LogP) is 1.44. The van der Waals surface area contributed by atoms with Crippen molar-refractivity contribution in [3.63, 3.8) is 0 Å². The Hall–Kier alpha value is -1.61. The molecule has 90 valence electrons. The van der Waals surface area contributed by atoms with E-state index < -0.39 is 0 Å². The fourth-order valence-electron chi connectivity index (χ4n) is 1.93. The Morgan fingerprint density at radius 1 is 1.35 bits per heavy atom. The summed E-state index contributed by atoms with van der Waals surface area (Å²) in [6, 6.07) is 8.13. The second-order valence-electron chi connectivity index (χ2n) is 4.32. The van der Waals surface area contributed by atoms with Crippen molar-refractivity contribution in [1.29, 1.82) is 0 Å². The zero-order chi connectivity index (χ0) is 12.1. The van der Waals surface area contributed by atoms with Crippen LogP contribution in [0, 0.1) is 6.92 Å². The number of rotatable bonds is 2. The first kappa shape index (κ1) is 11.9. The molecular weight excluding hydrogens is 212 g/mol. The van der Waals surface area contributed by atoms with Crippen LogP contribution in [-0.2, 0) is 4.79 Å². The maximum Gasteiger partial charge on any atom is 0.246 e. The lowest BCUT2D eigenvalue weighted by Gasteiger charge is -2.26. The standard InChI is InChI=1S/C14H18N2O/c1-12-3-2-4-13(11-12)5-6-14(17)16-9-7-15-8-10-16/h2-6,11,15H,7-10H2,1H3/b6-5+. The fraction of sp³-hybridized carbons (Fsp3) is 0.357. The van der Waals surface area contributed by atoms with Gasteiger partial charge in [0, 0.05) is 32.3 Å². The summed E-state index contributed by atoms with van der Waals surface area (Å²) in [7, 11) is 0. The molecule has 1 aliphatic heterocycles. The third-order valence-corrected chi connectivity index (χ3v) is 2.89. The topological polar surface area (TPSA) is 32.3 Å². The van der Waals surface area contributed by atoms with Gasteiger partial charge in [-0.15, -0.1) is 0 Å². The smallest absolute Gasteiger partial charge is 0.246 e. The van der Waals surface area contributed by atoms with Gasteiger partial charge in [0.2, 0.25) is 5.91 Å². The quantitative estimate of drug-likeness (QED) is 0.780. The van der Waals surface area contributed by atoms with E-state index in [1.807, 2.05) is 23.1 Å². The van der Waals surface area contributed by atoms with Crippen molar-refractivity contribution in [1.82, 2.24) is 10.2 Å². The Bertz CT molecular complexity index is 420. The minimum atomic E-state index is 0.105. The average Bonchev–Trinajstić information content (AvgIpc) is 2.37. The molecule has 1 aliphatic rings. The number of hydrogen-bond donors (Lipinski definition) is 1. The van der Waals surface area contributed by atoms with Crippen molar-refractivity contribution in [2.75, 3.05) is 26.2 Å². The molecule has 1 amide bonds. The molecule has 0 aliphatic carbocycles. The molecule has 0 aromatic heterocycles. The van der Waals surface area contributed by atoms with Crippen LogP contribution in [0.15, 0.2) is 30.3 Å². The molecule has 1 aromatic rings. The second kappa shape index (κ2) is 5.64. The molecule has 1 fully saturated rings. The molecule has 3 heteroatoms. The Morgan fingerprint density at radius 2 is 2.12 bits per heavy atom. The predicted molar refractivity (Wildman–Crippen MR) is 69.7 cm³/mol. The van der Waals surface area contributed by atoms with E-state index in [0.717, 1.165) is 31.7 Å². The summed E-state index contributed by atoms with van der Waals surface area (Å²) in [5.74, 6) is 0.105. The zero-order valence-corrected chi connectivity index (χ0v) is 10.1. The van der Waals surface area contributed by atoms with Gasteiger partial charge < -0.3 is 10.2 Å². The van der Waals surface area contributed by atoms with Gasteiger partial charge in [0.15, 0.2) is 0 Å². The average molecular weight is 230 g/mol. The van der Waals surface area contributed by atoms with Gasteiger partial charge in [-0.2, -0.15) is 0 Å². The summed E-state index contributed by atoms with van der Waals surface area (Å²) in [5.41, 5.74) is 2.29. The van der Waals surface area contributed by atoms with E-state index >= 15 is 0 Å². The Balaban J connectivity index is 1.97. The summed E-state index contributed by atoms with van der Waals surface area (Å²) >= 11 is 0. The van der Waals surface area contributed by atoms with Crippen LogP contribution in [0.4, 0.5) is 0 Å². The highest BCUT2D eigenvalue weighted by Crippen LogP contribution is 2.06. The molecule has 0 saturated carbocycles. The summed E-state index contributed by atoms with van der Waals surface area (Å²) in [5, 5.41) is 3.23. The molecule has 1 aromatic carbocycles. The van der Waals surface area contributed by atoms with E-state index in [0.29, 0.717) is 0 Å². The highest BCUT2D eigenvalue weighted by atomic mass is 16.2. The van der Waals surface area contributed by atoms with Crippen molar-refractivity contribution in [3.8, 4) is 0 Å². The Morgan fingerprint density at radius 3 is 2.82 bits per heavy atom. The Kier molecular flexibility index (Phi) is 3.94. The first-order valence-electron chi connectivity index (χ1n) is 6.00. The van der Waals surface area contributed by atoms with Gasteiger partial charge in [-0.25, -0.2) is 0 Å². The number of aryl methyl sites for hydroxylation is 1. The van der Waals surface area contributed by atoms with E-state index in [9.17, 15) is 4.79 Å². The molecular formula is C14H18N2O. The van der Waals surface area contributed by atoms with E-state index in [-0.39, 0.29) is 5.91 Å². The van der Waals surface area contributed by atoms with Gasteiger partial charge in [0.05, 0.1) is 0 Å². The highest BCUT2D eigenvalue weighted by Gasteiger charge is 2.12. The Labute approximate surface area is 102 Å². The normalized spacial score (nSPS) is 16.4. The third-order valence-electron chi connectivity index (χ3n) is 2.89. The molecule has 1 heterocycles. The third kappa shape index (κ3) is 3.43. The van der Waals surface area contributed by atoms with Gasteiger partial charge >= 0.3 is 0 Å². The SMILES string of the molecule is Cc1cccc(/C=C/C(=O)N2CCNCC2)c1. The number of nitrogens with zero attached hydrogens (tertiary/aromatic N) is 1. The van der Waals surface area contributed by atoms with Crippen molar-refractivity contribution < 1.29 is 4.79 Å².